The standard InChI is InChI=1S/C14H12ClNO2/c15-8-3-9-18-14-7-6-11-4-1-2-5-12(11)13(14)10-16-17/h1-8,10,17H,9H2. The van der Waals surface area contributed by atoms with E-state index in [0.717, 1.165) is 16.3 Å². The summed E-state index contributed by atoms with van der Waals surface area (Å²) in [5.41, 5.74) is 2.15. The zero-order valence-corrected chi connectivity index (χ0v) is 10.3. The van der Waals surface area contributed by atoms with Gasteiger partial charge >= 0.3 is 0 Å². The molecule has 92 valence electrons. The summed E-state index contributed by atoms with van der Waals surface area (Å²) >= 11 is 5.44. The zero-order valence-electron chi connectivity index (χ0n) is 9.58. The SMILES string of the molecule is ON=Cc1c(OCC=CCl)ccc2ccccc12. The van der Waals surface area contributed by atoms with E-state index in [1.165, 1.54) is 11.7 Å². The Morgan fingerprint density at radius 3 is 2.83 bits per heavy atom. The molecule has 0 fully saturated rings. The Morgan fingerprint density at radius 1 is 1.22 bits per heavy atom. The predicted octanol–water partition coefficient (Wildman–Crippen LogP) is 3.78. The third-order valence-corrected chi connectivity index (χ3v) is 2.72. The summed E-state index contributed by atoms with van der Waals surface area (Å²) in [6, 6.07) is 11.6. The number of nitrogens with zero attached hydrogens (tertiary/aromatic N) is 1. The molecule has 2 aromatic rings. The topological polar surface area (TPSA) is 41.8 Å². The van der Waals surface area contributed by atoms with Crippen LogP contribution in [0, 0.1) is 0 Å². The molecule has 18 heavy (non-hydrogen) atoms. The van der Waals surface area contributed by atoms with Crippen LogP contribution in [0.3, 0.4) is 0 Å². The summed E-state index contributed by atoms with van der Waals surface area (Å²) in [6.07, 6.45) is 3.07. The predicted molar refractivity (Wildman–Crippen MR) is 73.8 cm³/mol. The molecule has 4 heteroatoms. The highest BCUT2D eigenvalue weighted by molar-refractivity contribution is 6.25. The Balaban J connectivity index is 2.48. The second kappa shape index (κ2) is 6.07. The molecule has 1 N–H and O–H groups in total. The van der Waals surface area contributed by atoms with Crippen molar-refractivity contribution < 1.29 is 9.94 Å². The van der Waals surface area contributed by atoms with Crippen molar-refractivity contribution in [2.75, 3.05) is 6.61 Å². The highest BCUT2D eigenvalue weighted by Crippen LogP contribution is 2.26. The van der Waals surface area contributed by atoms with E-state index in [1.807, 2.05) is 36.4 Å². The van der Waals surface area contributed by atoms with Crippen LogP contribution in [0.2, 0.25) is 0 Å². The van der Waals surface area contributed by atoms with E-state index in [4.69, 9.17) is 21.5 Å². The van der Waals surface area contributed by atoms with Crippen LogP contribution >= 0.6 is 11.6 Å². The normalized spacial score (nSPS) is 11.6. The van der Waals surface area contributed by atoms with Gasteiger partial charge in [-0.3, -0.25) is 0 Å². The van der Waals surface area contributed by atoms with E-state index in [0.29, 0.717) is 12.4 Å². The first-order chi connectivity index (χ1) is 8.86. The Labute approximate surface area is 110 Å². The van der Waals surface area contributed by atoms with E-state index in [9.17, 15) is 0 Å². The first kappa shape index (κ1) is 12.5. The fourth-order valence-electron chi connectivity index (χ4n) is 1.77. The van der Waals surface area contributed by atoms with Gasteiger partial charge in [0, 0.05) is 11.1 Å². The number of halogens is 1. The number of benzene rings is 2. The van der Waals surface area contributed by atoms with Gasteiger partial charge in [-0.2, -0.15) is 0 Å². The minimum Gasteiger partial charge on any atom is -0.489 e. The van der Waals surface area contributed by atoms with E-state index in [2.05, 4.69) is 5.16 Å². The smallest absolute Gasteiger partial charge is 0.129 e. The summed E-state index contributed by atoms with van der Waals surface area (Å²) in [5.74, 6) is 0.654. The summed E-state index contributed by atoms with van der Waals surface area (Å²) in [6.45, 7) is 0.369. The van der Waals surface area contributed by atoms with Gasteiger partial charge in [-0.25, -0.2) is 0 Å². The van der Waals surface area contributed by atoms with Crippen LogP contribution in [0.5, 0.6) is 5.75 Å². The van der Waals surface area contributed by atoms with E-state index < -0.39 is 0 Å². The van der Waals surface area contributed by atoms with Crippen molar-refractivity contribution in [3.63, 3.8) is 0 Å². The number of rotatable bonds is 4. The number of hydrogen-bond donors (Lipinski definition) is 1. The largest absolute Gasteiger partial charge is 0.489 e. The zero-order chi connectivity index (χ0) is 12.8. The van der Waals surface area contributed by atoms with Gasteiger partial charge in [0.25, 0.3) is 0 Å². The van der Waals surface area contributed by atoms with E-state index in [1.54, 1.807) is 6.08 Å². The first-order valence-electron chi connectivity index (χ1n) is 5.44. The van der Waals surface area contributed by atoms with Gasteiger partial charge < -0.3 is 9.94 Å². The Kier molecular flexibility index (Phi) is 4.20. The average molecular weight is 262 g/mol. The second-order valence-corrected chi connectivity index (χ2v) is 3.87. The maximum atomic E-state index is 8.75. The number of ether oxygens (including phenoxy) is 1. The van der Waals surface area contributed by atoms with Crippen LogP contribution in [-0.4, -0.2) is 18.0 Å². The van der Waals surface area contributed by atoms with Crippen LogP contribution < -0.4 is 4.74 Å². The van der Waals surface area contributed by atoms with Crippen LogP contribution in [0.15, 0.2) is 53.2 Å². The molecular formula is C14H12ClNO2. The van der Waals surface area contributed by atoms with Crippen LogP contribution in [-0.2, 0) is 0 Å². The van der Waals surface area contributed by atoms with Gasteiger partial charge in [-0.1, -0.05) is 47.1 Å². The summed E-state index contributed by atoms with van der Waals surface area (Å²) < 4.78 is 5.56. The summed E-state index contributed by atoms with van der Waals surface area (Å²) in [7, 11) is 0. The van der Waals surface area contributed by atoms with Gasteiger partial charge in [-0.15, -0.1) is 0 Å². The Morgan fingerprint density at radius 2 is 2.06 bits per heavy atom. The molecule has 3 nitrogen and oxygen atoms in total. The molecule has 0 saturated carbocycles. The van der Waals surface area contributed by atoms with Gasteiger partial charge in [-0.05, 0) is 22.9 Å². The molecule has 0 aliphatic rings. The number of fused-ring (bicyclic) bond motifs is 1. The number of hydrogen-bond acceptors (Lipinski definition) is 3. The van der Waals surface area contributed by atoms with E-state index in [-0.39, 0.29) is 0 Å². The Hall–Kier alpha value is -2.00. The second-order valence-electron chi connectivity index (χ2n) is 3.62. The molecule has 0 aliphatic carbocycles. The molecule has 0 radical (unpaired) electrons. The summed E-state index contributed by atoms with van der Waals surface area (Å²) in [5, 5.41) is 13.9. The molecule has 0 heterocycles. The lowest BCUT2D eigenvalue weighted by Crippen LogP contribution is -1.98. The van der Waals surface area contributed by atoms with Crippen LogP contribution in [0.25, 0.3) is 10.8 Å². The molecule has 0 amide bonds. The highest BCUT2D eigenvalue weighted by atomic mass is 35.5. The third kappa shape index (κ3) is 2.63. The first-order valence-corrected chi connectivity index (χ1v) is 5.87. The fourth-order valence-corrected chi connectivity index (χ4v) is 1.84. The molecule has 0 unspecified atom stereocenters. The maximum absolute atomic E-state index is 8.75. The fraction of sp³-hybridized carbons (Fsp3) is 0.0714. The highest BCUT2D eigenvalue weighted by Gasteiger charge is 2.06. The van der Waals surface area contributed by atoms with Crippen molar-refractivity contribution in [2.24, 2.45) is 5.16 Å². The molecule has 0 bridgehead atoms. The van der Waals surface area contributed by atoms with E-state index >= 15 is 0 Å². The van der Waals surface area contributed by atoms with Crippen LogP contribution in [0.4, 0.5) is 0 Å². The maximum Gasteiger partial charge on any atom is 0.129 e. The van der Waals surface area contributed by atoms with Crippen LogP contribution in [0.1, 0.15) is 5.56 Å². The average Bonchev–Trinajstić information content (AvgIpc) is 2.41. The Bertz CT molecular complexity index is 593. The lowest BCUT2D eigenvalue weighted by molar-refractivity contribution is 0.321. The lowest BCUT2D eigenvalue weighted by atomic mass is 10.0. The van der Waals surface area contributed by atoms with Crippen molar-refractivity contribution >= 4 is 28.6 Å². The molecular weight excluding hydrogens is 250 g/mol. The summed E-state index contributed by atoms with van der Waals surface area (Å²) in [4.78, 5) is 0. The van der Waals surface area contributed by atoms with Gasteiger partial charge in [0.1, 0.15) is 12.4 Å². The third-order valence-electron chi connectivity index (χ3n) is 2.54. The minimum absolute atomic E-state index is 0.369. The molecule has 2 aromatic carbocycles. The van der Waals surface area contributed by atoms with Crippen molar-refractivity contribution in [1.82, 2.24) is 0 Å². The van der Waals surface area contributed by atoms with Crippen molar-refractivity contribution in [3.05, 3.63) is 53.6 Å². The lowest BCUT2D eigenvalue weighted by Gasteiger charge is -2.09. The molecule has 2 rings (SSSR count). The molecule has 0 aliphatic heterocycles. The van der Waals surface area contributed by atoms with Gasteiger partial charge in [0.2, 0.25) is 0 Å². The minimum atomic E-state index is 0.369. The molecule has 0 atom stereocenters. The van der Waals surface area contributed by atoms with Gasteiger partial charge in [0.05, 0.1) is 6.21 Å². The van der Waals surface area contributed by atoms with Crippen molar-refractivity contribution in [2.45, 2.75) is 0 Å². The van der Waals surface area contributed by atoms with Gasteiger partial charge in [0.15, 0.2) is 0 Å². The number of oxime groups is 1. The quantitative estimate of drug-likeness (QED) is 0.517. The monoisotopic (exact) mass is 261 g/mol. The molecule has 0 aromatic heterocycles. The molecule has 0 spiro atoms. The molecule has 0 saturated heterocycles. The van der Waals surface area contributed by atoms with Crippen molar-refractivity contribution in [1.29, 1.82) is 0 Å². The van der Waals surface area contributed by atoms with Crippen molar-refractivity contribution in [3.8, 4) is 5.75 Å².